The number of fused-ring (bicyclic) bond motifs is 1. The standard InChI is InChI=1S/C16H13BN4O/c1-9-14(16(18)21-13-7-6-10(17)8-19-13)20-12-5-3-2-4-11(12)15(9)22/h2-8H,1H3,(H,20,22)(H2,18,19,21). The van der Waals surface area contributed by atoms with Crippen LogP contribution in [0.1, 0.15) is 11.3 Å². The van der Waals surface area contributed by atoms with Gasteiger partial charge < -0.3 is 10.7 Å². The second-order valence-electron chi connectivity index (χ2n) is 4.95. The third-order valence-corrected chi connectivity index (χ3v) is 3.41. The van der Waals surface area contributed by atoms with Crippen molar-refractivity contribution in [3.63, 3.8) is 0 Å². The van der Waals surface area contributed by atoms with Gasteiger partial charge in [0.2, 0.25) is 0 Å². The quantitative estimate of drug-likeness (QED) is 0.420. The van der Waals surface area contributed by atoms with Crippen molar-refractivity contribution in [3.8, 4) is 0 Å². The van der Waals surface area contributed by atoms with Gasteiger partial charge >= 0.3 is 0 Å². The van der Waals surface area contributed by atoms with E-state index in [9.17, 15) is 4.79 Å². The van der Waals surface area contributed by atoms with Gasteiger partial charge in [-0.05, 0) is 25.1 Å². The maximum Gasteiger partial charge on any atom is 0.193 e. The van der Waals surface area contributed by atoms with E-state index in [-0.39, 0.29) is 11.3 Å². The molecule has 22 heavy (non-hydrogen) atoms. The van der Waals surface area contributed by atoms with Crippen LogP contribution in [0.2, 0.25) is 0 Å². The zero-order valence-electron chi connectivity index (χ0n) is 12.0. The number of nitrogens with two attached hydrogens (primary N) is 1. The fraction of sp³-hybridized carbons (Fsp3) is 0.0625. The Labute approximate surface area is 128 Å². The lowest BCUT2D eigenvalue weighted by atomic mass is 9.99. The highest BCUT2D eigenvalue weighted by Crippen LogP contribution is 2.12. The topological polar surface area (TPSA) is 84.1 Å². The first-order chi connectivity index (χ1) is 10.6. The number of aliphatic imine (C=N–C) groups is 1. The highest BCUT2D eigenvalue weighted by Gasteiger charge is 2.11. The summed E-state index contributed by atoms with van der Waals surface area (Å²) in [5.74, 6) is 0.637. The van der Waals surface area contributed by atoms with Gasteiger partial charge in [-0.1, -0.05) is 23.7 Å². The minimum Gasteiger partial charge on any atom is -0.382 e. The molecule has 0 fully saturated rings. The molecule has 0 aliphatic carbocycles. The number of aromatic amines is 1. The molecule has 0 bridgehead atoms. The van der Waals surface area contributed by atoms with Crippen LogP contribution in [-0.2, 0) is 0 Å². The number of hydrogen-bond donors (Lipinski definition) is 2. The van der Waals surface area contributed by atoms with Crippen LogP contribution in [-0.4, -0.2) is 23.6 Å². The van der Waals surface area contributed by atoms with Crippen LogP contribution in [0.25, 0.3) is 10.9 Å². The minimum atomic E-state index is -0.0623. The SMILES string of the molecule is [B]c1ccc(N=C(N)c2[nH]c3ccccc3c(=O)c2C)nc1. The van der Waals surface area contributed by atoms with E-state index in [4.69, 9.17) is 13.6 Å². The number of aromatic nitrogens is 2. The second kappa shape index (κ2) is 5.48. The summed E-state index contributed by atoms with van der Waals surface area (Å²) in [5, 5.41) is 0.627. The lowest BCUT2D eigenvalue weighted by Gasteiger charge is -2.08. The molecule has 0 atom stereocenters. The van der Waals surface area contributed by atoms with Gasteiger partial charge in [-0.15, -0.1) is 0 Å². The zero-order valence-corrected chi connectivity index (χ0v) is 12.0. The van der Waals surface area contributed by atoms with Crippen molar-refractivity contribution in [1.82, 2.24) is 9.97 Å². The normalized spacial score (nSPS) is 11.8. The number of benzene rings is 1. The van der Waals surface area contributed by atoms with Crippen LogP contribution in [0.3, 0.4) is 0 Å². The van der Waals surface area contributed by atoms with E-state index in [1.807, 2.05) is 18.2 Å². The zero-order chi connectivity index (χ0) is 15.7. The van der Waals surface area contributed by atoms with Gasteiger partial charge in [-0.25, -0.2) is 9.98 Å². The molecule has 2 aromatic heterocycles. The van der Waals surface area contributed by atoms with E-state index in [0.717, 1.165) is 5.52 Å². The van der Waals surface area contributed by atoms with Crippen LogP contribution in [0.5, 0.6) is 0 Å². The molecule has 0 saturated heterocycles. The van der Waals surface area contributed by atoms with E-state index >= 15 is 0 Å². The molecular formula is C16H13BN4O. The predicted octanol–water partition coefficient (Wildman–Crippen LogP) is 1.06. The van der Waals surface area contributed by atoms with Crippen LogP contribution in [0.15, 0.2) is 52.4 Å². The number of nitrogens with one attached hydrogen (secondary N) is 1. The first-order valence-electron chi connectivity index (χ1n) is 6.74. The lowest BCUT2D eigenvalue weighted by Crippen LogP contribution is -2.22. The largest absolute Gasteiger partial charge is 0.382 e. The molecule has 0 aliphatic rings. The fourth-order valence-electron chi connectivity index (χ4n) is 2.23. The van der Waals surface area contributed by atoms with Crippen LogP contribution in [0.4, 0.5) is 5.82 Å². The van der Waals surface area contributed by atoms with Crippen LogP contribution in [0, 0.1) is 6.92 Å². The Kier molecular flexibility index (Phi) is 3.51. The van der Waals surface area contributed by atoms with Crippen molar-refractivity contribution < 1.29 is 0 Å². The van der Waals surface area contributed by atoms with E-state index in [1.165, 1.54) is 6.20 Å². The van der Waals surface area contributed by atoms with Gasteiger partial charge in [0.15, 0.2) is 11.2 Å². The van der Waals surface area contributed by atoms with E-state index in [1.54, 1.807) is 25.1 Å². The Bertz CT molecular complexity index is 929. The summed E-state index contributed by atoms with van der Waals surface area (Å²) in [5.41, 5.74) is 8.27. The van der Waals surface area contributed by atoms with Gasteiger partial charge in [-0.2, -0.15) is 0 Å². The summed E-state index contributed by atoms with van der Waals surface area (Å²) in [7, 11) is 5.59. The first-order valence-corrected chi connectivity index (χ1v) is 6.74. The Hall–Kier alpha value is -2.89. The van der Waals surface area contributed by atoms with Crippen LogP contribution >= 0.6 is 0 Å². The smallest absolute Gasteiger partial charge is 0.193 e. The Morgan fingerprint density at radius 2 is 2.05 bits per heavy atom. The van der Waals surface area contributed by atoms with Crippen molar-refractivity contribution in [2.75, 3.05) is 0 Å². The summed E-state index contributed by atoms with van der Waals surface area (Å²) in [4.78, 5) is 23.9. The number of nitrogens with zero attached hydrogens (tertiary/aromatic N) is 2. The maximum atomic E-state index is 12.4. The molecule has 5 nitrogen and oxygen atoms in total. The molecule has 0 unspecified atom stereocenters. The van der Waals surface area contributed by atoms with Crippen LogP contribution < -0.4 is 16.6 Å². The molecule has 3 aromatic rings. The van der Waals surface area contributed by atoms with Crippen molar-refractivity contribution >= 4 is 35.9 Å². The molecular weight excluding hydrogens is 275 g/mol. The molecule has 0 amide bonds. The van der Waals surface area contributed by atoms with Crippen molar-refractivity contribution in [2.45, 2.75) is 6.92 Å². The summed E-state index contributed by atoms with van der Waals surface area (Å²) >= 11 is 0. The molecule has 0 aliphatic heterocycles. The van der Waals surface area contributed by atoms with Gasteiger partial charge in [-0.3, -0.25) is 4.79 Å². The average Bonchev–Trinajstić information content (AvgIpc) is 2.53. The molecule has 6 heteroatoms. The number of H-pyrrole nitrogens is 1. The molecule has 2 heterocycles. The van der Waals surface area contributed by atoms with Crippen molar-refractivity contribution in [2.24, 2.45) is 10.7 Å². The summed E-state index contributed by atoms with van der Waals surface area (Å²) in [6.07, 6.45) is 1.50. The lowest BCUT2D eigenvalue weighted by molar-refractivity contribution is 1.22. The summed E-state index contributed by atoms with van der Waals surface area (Å²) < 4.78 is 0. The summed E-state index contributed by atoms with van der Waals surface area (Å²) in [6, 6.07) is 10.6. The molecule has 3 N–H and O–H groups in total. The maximum absolute atomic E-state index is 12.4. The molecule has 3 rings (SSSR count). The highest BCUT2D eigenvalue weighted by molar-refractivity contribution is 6.32. The third-order valence-electron chi connectivity index (χ3n) is 3.41. The number of amidine groups is 1. The Morgan fingerprint density at radius 3 is 2.77 bits per heavy atom. The minimum absolute atomic E-state index is 0.0623. The van der Waals surface area contributed by atoms with E-state index < -0.39 is 0 Å². The number of para-hydroxylation sites is 1. The van der Waals surface area contributed by atoms with E-state index in [2.05, 4.69) is 15.0 Å². The molecule has 2 radical (unpaired) electrons. The Balaban J connectivity index is 2.15. The monoisotopic (exact) mass is 288 g/mol. The second-order valence-corrected chi connectivity index (χ2v) is 4.95. The fourth-order valence-corrected chi connectivity index (χ4v) is 2.23. The first kappa shape index (κ1) is 14.1. The number of pyridine rings is 2. The third kappa shape index (κ3) is 2.51. The van der Waals surface area contributed by atoms with Gasteiger partial charge in [0, 0.05) is 22.7 Å². The summed E-state index contributed by atoms with van der Waals surface area (Å²) in [6.45, 7) is 1.72. The average molecular weight is 288 g/mol. The predicted molar refractivity (Wildman–Crippen MR) is 89.3 cm³/mol. The van der Waals surface area contributed by atoms with Gasteiger partial charge in [0.05, 0.1) is 5.69 Å². The molecule has 106 valence electrons. The van der Waals surface area contributed by atoms with Gasteiger partial charge in [0.25, 0.3) is 0 Å². The van der Waals surface area contributed by atoms with E-state index in [0.29, 0.717) is 27.9 Å². The van der Waals surface area contributed by atoms with Gasteiger partial charge in [0.1, 0.15) is 13.7 Å². The molecule has 0 spiro atoms. The van der Waals surface area contributed by atoms with Crippen molar-refractivity contribution in [3.05, 3.63) is 64.1 Å². The Morgan fingerprint density at radius 1 is 1.27 bits per heavy atom. The molecule has 1 aromatic carbocycles. The number of rotatable bonds is 2. The van der Waals surface area contributed by atoms with Crippen molar-refractivity contribution in [1.29, 1.82) is 0 Å². The highest BCUT2D eigenvalue weighted by atomic mass is 16.1. The number of hydrogen-bond acceptors (Lipinski definition) is 3. The molecule has 0 saturated carbocycles.